The molecule has 3 rings (SSSR count). The first kappa shape index (κ1) is 16.8. The number of rotatable bonds is 3. The number of anilines is 1. The predicted molar refractivity (Wildman–Crippen MR) is 94.1 cm³/mol. The number of para-hydroxylation sites is 1. The smallest absolute Gasteiger partial charge is 0.308 e. The van der Waals surface area contributed by atoms with E-state index in [1.54, 1.807) is 37.4 Å². The van der Waals surface area contributed by atoms with Gasteiger partial charge in [0.1, 0.15) is 22.9 Å². The molecule has 10 heteroatoms. The zero-order valence-electron chi connectivity index (χ0n) is 13.1. The van der Waals surface area contributed by atoms with Gasteiger partial charge in [0.25, 0.3) is 5.56 Å². The Balaban J connectivity index is 1.72. The quantitative estimate of drug-likeness (QED) is 0.681. The normalized spacial score (nSPS) is 10.6. The lowest BCUT2D eigenvalue weighted by Crippen LogP contribution is -2.38. The van der Waals surface area contributed by atoms with Crippen LogP contribution in [0.1, 0.15) is 0 Å². The molecule has 0 radical (unpaired) electrons. The van der Waals surface area contributed by atoms with E-state index in [4.69, 9.17) is 0 Å². The minimum absolute atomic E-state index is 0.270. The summed E-state index contributed by atoms with van der Waals surface area (Å²) in [4.78, 5) is 40.3. The van der Waals surface area contributed by atoms with Crippen molar-refractivity contribution >= 4 is 44.6 Å². The summed E-state index contributed by atoms with van der Waals surface area (Å²) in [5.41, 5.74) is 0.520. The number of nitrogens with zero attached hydrogens (tertiary/aromatic N) is 4. The number of carbonyl (C=O) groups is 2. The number of amides is 3. The van der Waals surface area contributed by atoms with E-state index < -0.39 is 17.5 Å². The van der Waals surface area contributed by atoms with Gasteiger partial charge in [-0.3, -0.25) is 19.5 Å². The van der Waals surface area contributed by atoms with Crippen molar-refractivity contribution in [2.45, 2.75) is 6.54 Å². The van der Waals surface area contributed by atoms with Gasteiger partial charge in [-0.1, -0.05) is 18.2 Å². The van der Waals surface area contributed by atoms with Crippen LogP contribution in [0, 0.1) is 0 Å². The molecule has 2 heterocycles. The van der Waals surface area contributed by atoms with Crippen LogP contribution in [0.4, 0.5) is 10.5 Å². The van der Waals surface area contributed by atoms with Gasteiger partial charge < -0.3 is 5.32 Å². The Bertz CT molecular complexity index is 1010. The van der Waals surface area contributed by atoms with Gasteiger partial charge in [0.05, 0.1) is 0 Å². The number of aryl methyl sites for hydroxylation is 1. The highest BCUT2D eigenvalue weighted by Crippen LogP contribution is 2.16. The molecule has 0 aliphatic heterocycles. The number of nitrogens with one attached hydrogen (secondary N) is 2. The van der Waals surface area contributed by atoms with Gasteiger partial charge in [-0.2, -0.15) is 5.10 Å². The SMILES string of the molecule is Cn1nc(Br)c2c(=O)n(CC(=O)NC(=O)Nc3ccccc3)cnc21. The molecule has 0 aliphatic rings. The third-order valence-corrected chi connectivity index (χ3v) is 3.92. The largest absolute Gasteiger partial charge is 0.325 e. The zero-order valence-corrected chi connectivity index (χ0v) is 14.6. The summed E-state index contributed by atoms with van der Waals surface area (Å²) in [5.74, 6) is -0.642. The second-order valence-corrected chi connectivity index (χ2v) is 5.91. The second kappa shape index (κ2) is 6.85. The molecule has 0 aliphatic carbocycles. The molecule has 25 heavy (non-hydrogen) atoms. The highest BCUT2D eigenvalue weighted by atomic mass is 79.9. The molecular weight excluding hydrogens is 392 g/mol. The minimum atomic E-state index is -0.680. The molecular formula is C15H13BrN6O3. The van der Waals surface area contributed by atoms with Crippen LogP contribution in [0.3, 0.4) is 0 Å². The van der Waals surface area contributed by atoms with Crippen molar-refractivity contribution in [2.24, 2.45) is 7.05 Å². The molecule has 0 fully saturated rings. The second-order valence-electron chi connectivity index (χ2n) is 5.16. The summed E-state index contributed by atoms with van der Waals surface area (Å²) in [5, 5.41) is 9.01. The zero-order chi connectivity index (χ0) is 18.0. The van der Waals surface area contributed by atoms with Gasteiger partial charge in [0.2, 0.25) is 5.91 Å². The van der Waals surface area contributed by atoms with E-state index in [9.17, 15) is 14.4 Å². The number of urea groups is 1. The first-order chi connectivity index (χ1) is 12.0. The van der Waals surface area contributed by atoms with E-state index in [1.165, 1.54) is 11.0 Å². The molecule has 0 atom stereocenters. The van der Waals surface area contributed by atoms with Gasteiger partial charge in [0.15, 0.2) is 5.65 Å². The van der Waals surface area contributed by atoms with E-state index in [0.29, 0.717) is 15.9 Å². The third kappa shape index (κ3) is 3.58. The molecule has 128 valence electrons. The number of halogens is 1. The van der Waals surface area contributed by atoms with E-state index in [1.807, 2.05) is 0 Å². The molecule has 0 saturated carbocycles. The van der Waals surface area contributed by atoms with Crippen LogP contribution < -0.4 is 16.2 Å². The number of hydrogen-bond donors (Lipinski definition) is 2. The monoisotopic (exact) mass is 404 g/mol. The van der Waals surface area contributed by atoms with Crippen LogP contribution in [-0.2, 0) is 18.4 Å². The van der Waals surface area contributed by atoms with Crippen molar-refractivity contribution in [3.63, 3.8) is 0 Å². The van der Waals surface area contributed by atoms with Crippen LogP contribution in [0.15, 0.2) is 46.1 Å². The Morgan fingerprint density at radius 2 is 1.96 bits per heavy atom. The average molecular weight is 405 g/mol. The number of imide groups is 1. The van der Waals surface area contributed by atoms with Crippen molar-refractivity contribution in [1.82, 2.24) is 24.6 Å². The summed E-state index contributed by atoms with van der Waals surface area (Å²) in [6.45, 7) is -0.342. The van der Waals surface area contributed by atoms with Crippen LogP contribution in [0.5, 0.6) is 0 Å². The maximum atomic E-state index is 12.4. The average Bonchev–Trinajstić information content (AvgIpc) is 2.85. The molecule has 3 amide bonds. The number of benzene rings is 1. The molecule has 2 N–H and O–H groups in total. The highest BCUT2D eigenvalue weighted by molar-refractivity contribution is 9.10. The van der Waals surface area contributed by atoms with Crippen molar-refractivity contribution in [3.05, 3.63) is 51.6 Å². The summed E-state index contributed by atoms with van der Waals surface area (Å²) in [6.07, 6.45) is 1.24. The standard InChI is InChI=1S/C15H13BrN6O3/c1-21-13-11(12(16)20-21)14(24)22(8-17-13)7-10(23)19-15(25)18-9-5-3-2-4-6-9/h2-6,8H,7H2,1H3,(H2,18,19,23,25). The highest BCUT2D eigenvalue weighted by Gasteiger charge is 2.16. The molecule has 0 unspecified atom stereocenters. The molecule has 9 nitrogen and oxygen atoms in total. The molecule has 2 aromatic heterocycles. The summed E-state index contributed by atoms with van der Waals surface area (Å²) >= 11 is 3.20. The van der Waals surface area contributed by atoms with Gasteiger partial charge >= 0.3 is 6.03 Å². The molecule has 0 saturated heterocycles. The molecule has 0 spiro atoms. The maximum absolute atomic E-state index is 12.4. The Hall–Kier alpha value is -3.01. The van der Waals surface area contributed by atoms with E-state index >= 15 is 0 Å². The minimum Gasteiger partial charge on any atom is -0.308 e. The van der Waals surface area contributed by atoms with Crippen molar-refractivity contribution in [2.75, 3.05) is 5.32 Å². The van der Waals surface area contributed by atoms with Gasteiger partial charge in [-0.05, 0) is 28.1 Å². The molecule has 1 aromatic carbocycles. The lowest BCUT2D eigenvalue weighted by atomic mass is 10.3. The first-order valence-electron chi connectivity index (χ1n) is 7.19. The fourth-order valence-corrected chi connectivity index (χ4v) is 2.84. The Kier molecular flexibility index (Phi) is 4.61. The number of carbonyl (C=O) groups excluding carboxylic acids is 2. The lowest BCUT2D eigenvalue weighted by Gasteiger charge is -2.08. The van der Waals surface area contributed by atoms with Crippen LogP contribution in [0.2, 0.25) is 0 Å². The van der Waals surface area contributed by atoms with Crippen molar-refractivity contribution in [1.29, 1.82) is 0 Å². The summed E-state index contributed by atoms with van der Waals surface area (Å²) < 4.78 is 2.91. The fourth-order valence-electron chi connectivity index (χ4n) is 2.25. The molecule has 3 aromatic rings. The summed E-state index contributed by atoms with van der Waals surface area (Å²) in [7, 11) is 1.66. The van der Waals surface area contributed by atoms with Gasteiger partial charge in [0, 0.05) is 12.7 Å². The van der Waals surface area contributed by atoms with E-state index in [-0.39, 0.29) is 11.9 Å². The Labute approximate surface area is 149 Å². The van der Waals surface area contributed by atoms with Gasteiger partial charge in [-0.25, -0.2) is 14.5 Å². The first-order valence-corrected chi connectivity index (χ1v) is 7.98. The van der Waals surface area contributed by atoms with E-state index in [0.717, 1.165) is 4.57 Å². The van der Waals surface area contributed by atoms with Gasteiger partial charge in [-0.15, -0.1) is 0 Å². The summed E-state index contributed by atoms with van der Waals surface area (Å²) in [6, 6.07) is 8.01. The number of aromatic nitrogens is 4. The lowest BCUT2D eigenvalue weighted by molar-refractivity contribution is -0.120. The van der Waals surface area contributed by atoms with Crippen LogP contribution in [-0.4, -0.2) is 31.3 Å². The fraction of sp³-hybridized carbons (Fsp3) is 0.133. The maximum Gasteiger partial charge on any atom is 0.325 e. The topological polar surface area (TPSA) is 111 Å². The number of fused-ring (bicyclic) bond motifs is 1. The van der Waals surface area contributed by atoms with E-state index in [2.05, 4.69) is 36.6 Å². The molecule has 0 bridgehead atoms. The van der Waals surface area contributed by atoms with Crippen molar-refractivity contribution < 1.29 is 9.59 Å². The van der Waals surface area contributed by atoms with Crippen LogP contribution >= 0.6 is 15.9 Å². The van der Waals surface area contributed by atoms with Crippen molar-refractivity contribution in [3.8, 4) is 0 Å². The Morgan fingerprint density at radius 1 is 1.24 bits per heavy atom. The third-order valence-electron chi connectivity index (χ3n) is 3.37. The number of hydrogen-bond acceptors (Lipinski definition) is 5. The Morgan fingerprint density at radius 3 is 2.68 bits per heavy atom. The van der Waals surface area contributed by atoms with Crippen LogP contribution in [0.25, 0.3) is 11.0 Å². The predicted octanol–water partition coefficient (Wildman–Crippen LogP) is 1.24.